The van der Waals surface area contributed by atoms with Crippen molar-refractivity contribution in [2.24, 2.45) is 0 Å². The Balaban J connectivity index is 1.78. The number of sulfonamides is 1. The smallest absolute Gasteiger partial charge is 0.289 e. The summed E-state index contributed by atoms with van der Waals surface area (Å²) < 4.78 is 32.3. The highest BCUT2D eigenvalue weighted by molar-refractivity contribution is 7.89. The second-order valence-corrected chi connectivity index (χ2v) is 8.76. The minimum atomic E-state index is -3.98. The zero-order valence-electron chi connectivity index (χ0n) is 15.2. The second kappa shape index (κ2) is 7.53. The largest absolute Gasteiger partial charge is 0.456 e. The minimum absolute atomic E-state index is 0.00905. The number of carbonyl (C=O) groups is 1. The van der Waals surface area contributed by atoms with Crippen LogP contribution in [0.3, 0.4) is 0 Å². The topological polar surface area (TPSA) is 114 Å². The van der Waals surface area contributed by atoms with Gasteiger partial charge in [0.2, 0.25) is 10.0 Å². The van der Waals surface area contributed by atoms with Crippen molar-refractivity contribution >= 4 is 33.2 Å². The van der Waals surface area contributed by atoms with Gasteiger partial charge < -0.3 is 9.32 Å². The molecule has 0 aliphatic carbocycles. The molecule has 1 aromatic heterocycles. The molecule has 1 aliphatic heterocycles. The van der Waals surface area contributed by atoms with Gasteiger partial charge in [0.05, 0.1) is 14.8 Å². The average Bonchev–Trinajstić information content (AvgIpc) is 3.09. The number of nitrogens with zero attached hydrogens (tertiary/aromatic N) is 3. The molecule has 1 saturated heterocycles. The fourth-order valence-corrected chi connectivity index (χ4v) is 4.71. The molecule has 150 valence electrons. The summed E-state index contributed by atoms with van der Waals surface area (Å²) in [5.41, 5.74) is -0.150. The van der Waals surface area contributed by atoms with Gasteiger partial charge in [-0.3, -0.25) is 14.9 Å². The molecule has 1 aliphatic rings. The van der Waals surface area contributed by atoms with E-state index < -0.39 is 14.9 Å². The summed E-state index contributed by atoms with van der Waals surface area (Å²) in [7, 11) is -3.98. The Hall–Kier alpha value is -2.43. The molecule has 0 atom stereocenters. The van der Waals surface area contributed by atoms with Crippen molar-refractivity contribution in [3.8, 4) is 0 Å². The summed E-state index contributed by atoms with van der Waals surface area (Å²) in [6.07, 6.45) is 0. The first-order chi connectivity index (χ1) is 13.1. The number of nitro groups is 1. The van der Waals surface area contributed by atoms with E-state index in [0.29, 0.717) is 5.76 Å². The third-order valence-electron chi connectivity index (χ3n) is 4.60. The lowest BCUT2D eigenvalue weighted by Crippen LogP contribution is -2.50. The van der Waals surface area contributed by atoms with Crippen LogP contribution < -0.4 is 0 Å². The number of benzene rings is 1. The molecule has 1 aromatic carbocycles. The molecular weight excluding hydrogens is 410 g/mol. The Kier molecular flexibility index (Phi) is 5.46. The SMILES string of the molecule is Cc1ccc(C(=O)N2CCN(S(=O)(=O)c3cc(Cl)c(C)c([N+](=O)[O-])c3)CC2)o1. The van der Waals surface area contributed by atoms with E-state index in [1.54, 1.807) is 19.1 Å². The van der Waals surface area contributed by atoms with E-state index in [-0.39, 0.29) is 59.0 Å². The van der Waals surface area contributed by atoms with Crippen molar-refractivity contribution in [1.29, 1.82) is 0 Å². The molecule has 0 N–H and O–H groups in total. The quantitative estimate of drug-likeness (QED) is 0.547. The molecule has 0 radical (unpaired) electrons. The Morgan fingerprint density at radius 3 is 2.36 bits per heavy atom. The van der Waals surface area contributed by atoms with Crippen LogP contribution in [0.4, 0.5) is 5.69 Å². The molecule has 9 nitrogen and oxygen atoms in total. The number of halogens is 1. The second-order valence-electron chi connectivity index (χ2n) is 6.41. The molecular formula is C17H18ClN3O6S. The van der Waals surface area contributed by atoms with Crippen LogP contribution in [0.1, 0.15) is 21.9 Å². The number of hydrogen-bond acceptors (Lipinski definition) is 6. The Morgan fingerprint density at radius 2 is 1.82 bits per heavy atom. The van der Waals surface area contributed by atoms with E-state index in [9.17, 15) is 23.3 Å². The molecule has 11 heteroatoms. The van der Waals surface area contributed by atoms with Crippen molar-refractivity contribution < 1.29 is 22.6 Å². The van der Waals surface area contributed by atoms with Gasteiger partial charge in [0.1, 0.15) is 5.76 Å². The predicted octanol–water partition coefficient (Wildman–Crippen LogP) is 2.60. The first-order valence-corrected chi connectivity index (χ1v) is 10.2. The maximum absolute atomic E-state index is 12.9. The standard InChI is InChI=1S/C17H18ClN3O6S/c1-11-3-4-16(27-11)17(22)19-5-7-20(8-6-19)28(25,26)13-9-14(18)12(2)15(10-13)21(23)24/h3-4,9-10H,5-8H2,1-2H3. The van der Waals surface area contributed by atoms with Crippen LogP contribution in [0.2, 0.25) is 5.02 Å². The lowest BCUT2D eigenvalue weighted by Gasteiger charge is -2.33. The van der Waals surface area contributed by atoms with Gasteiger partial charge in [-0.2, -0.15) is 4.31 Å². The van der Waals surface area contributed by atoms with Gasteiger partial charge >= 0.3 is 0 Å². The van der Waals surface area contributed by atoms with Crippen molar-refractivity contribution in [3.05, 3.63) is 56.5 Å². The van der Waals surface area contributed by atoms with Crippen LogP contribution in [0.25, 0.3) is 0 Å². The number of hydrogen-bond donors (Lipinski definition) is 0. The highest BCUT2D eigenvalue weighted by Gasteiger charge is 2.33. The summed E-state index contributed by atoms with van der Waals surface area (Å²) in [5, 5.41) is 11.2. The number of piperazine rings is 1. The number of rotatable bonds is 4. The van der Waals surface area contributed by atoms with Crippen LogP contribution >= 0.6 is 11.6 Å². The molecule has 0 saturated carbocycles. The van der Waals surface area contributed by atoms with Crippen molar-refractivity contribution in [1.82, 2.24) is 9.21 Å². The molecule has 0 unspecified atom stereocenters. The number of carbonyl (C=O) groups excluding carboxylic acids is 1. The van der Waals surface area contributed by atoms with Gasteiger partial charge in [-0.15, -0.1) is 0 Å². The number of aryl methyl sites for hydroxylation is 1. The van der Waals surface area contributed by atoms with E-state index in [1.807, 2.05) is 0 Å². The fraction of sp³-hybridized carbons (Fsp3) is 0.353. The van der Waals surface area contributed by atoms with Crippen molar-refractivity contribution in [3.63, 3.8) is 0 Å². The van der Waals surface area contributed by atoms with Gasteiger partial charge in [-0.05, 0) is 32.0 Å². The maximum atomic E-state index is 12.9. The zero-order valence-corrected chi connectivity index (χ0v) is 16.8. The van der Waals surface area contributed by atoms with E-state index >= 15 is 0 Å². The third kappa shape index (κ3) is 3.75. The minimum Gasteiger partial charge on any atom is -0.456 e. The molecule has 28 heavy (non-hydrogen) atoms. The molecule has 1 fully saturated rings. The summed E-state index contributed by atoms with van der Waals surface area (Å²) in [4.78, 5) is 24.2. The first-order valence-electron chi connectivity index (χ1n) is 8.41. The fourth-order valence-electron chi connectivity index (χ4n) is 2.96. The Morgan fingerprint density at radius 1 is 1.18 bits per heavy atom. The van der Waals surface area contributed by atoms with E-state index in [2.05, 4.69) is 0 Å². The van der Waals surface area contributed by atoms with Crippen LogP contribution in [0.5, 0.6) is 0 Å². The average molecular weight is 428 g/mol. The monoisotopic (exact) mass is 427 g/mol. The summed E-state index contributed by atoms with van der Waals surface area (Å²) >= 11 is 5.99. The molecule has 2 heterocycles. The van der Waals surface area contributed by atoms with Gasteiger partial charge in [-0.1, -0.05) is 11.6 Å². The van der Waals surface area contributed by atoms with E-state index in [4.69, 9.17) is 16.0 Å². The number of nitro benzene ring substituents is 1. The number of amides is 1. The highest BCUT2D eigenvalue weighted by Crippen LogP contribution is 2.31. The molecule has 2 aromatic rings. The maximum Gasteiger partial charge on any atom is 0.289 e. The third-order valence-corrected chi connectivity index (χ3v) is 6.87. The van der Waals surface area contributed by atoms with E-state index in [1.165, 1.54) is 22.2 Å². The molecule has 1 amide bonds. The zero-order chi connectivity index (χ0) is 20.6. The molecule has 0 spiro atoms. The summed E-state index contributed by atoms with van der Waals surface area (Å²) in [6.45, 7) is 3.67. The normalized spacial score (nSPS) is 15.6. The lowest BCUT2D eigenvalue weighted by molar-refractivity contribution is -0.385. The van der Waals surface area contributed by atoms with Crippen LogP contribution in [0, 0.1) is 24.0 Å². The lowest BCUT2D eigenvalue weighted by atomic mass is 10.2. The van der Waals surface area contributed by atoms with E-state index in [0.717, 1.165) is 6.07 Å². The van der Waals surface area contributed by atoms with Gasteiger partial charge in [0.25, 0.3) is 11.6 Å². The van der Waals surface area contributed by atoms with Crippen LogP contribution in [-0.2, 0) is 10.0 Å². The van der Waals surface area contributed by atoms with Crippen molar-refractivity contribution in [2.75, 3.05) is 26.2 Å². The Bertz CT molecular complexity index is 1040. The number of furan rings is 1. The van der Waals surface area contributed by atoms with Crippen molar-refractivity contribution in [2.45, 2.75) is 18.7 Å². The van der Waals surface area contributed by atoms with Gasteiger partial charge in [0, 0.05) is 37.8 Å². The molecule has 0 bridgehead atoms. The van der Waals surface area contributed by atoms with Crippen LogP contribution in [-0.4, -0.2) is 54.6 Å². The van der Waals surface area contributed by atoms with Gasteiger partial charge in [0.15, 0.2) is 5.76 Å². The summed E-state index contributed by atoms with van der Waals surface area (Å²) in [6, 6.07) is 5.48. The first kappa shape index (κ1) is 20.3. The predicted molar refractivity (Wildman–Crippen MR) is 101 cm³/mol. The highest BCUT2D eigenvalue weighted by atomic mass is 35.5. The Labute approximate surface area is 166 Å². The van der Waals surface area contributed by atoms with Gasteiger partial charge in [-0.25, -0.2) is 8.42 Å². The summed E-state index contributed by atoms with van der Waals surface area (Å²) in [5.74, 6) is 0.510. The molecule has 3 rings (SSSR count). The van der Waals surface area contributed by atoms with Crippen LogP contribution in [0.15, 0.2) is 33.6 Å².